The Morgan fingerprint density at radius 1 is 1.31 bits per heavy atom. The third kappa shape index (κ3) is 2.28. The lowest BCUT2D eigenvalue weighted by molar-refractivity contribution is 0.412. The molecule has 0 atom stereocenters. The number of aromatic nitrogens is 2. The van der Waals surface area contributed by atoms with E-state index in [1.807, 2.05) is 25.1 Å². The number of nitrogen functional groups attached to an aromatic ring is 1. The van der Waals surface area contributed by atoms with Crippen LogP contribution < -0.4 is 10.5 Å². The highest BCUT2D eigenvalue weighted by atomic mass is 35.5. The predicted octanol–water partition coefficient (Wildman–Crippen LogP) is 2.40. The molecule has 2 aromatic rings. The van der Waals surface area contributed by atoms with E-state index < -0.39 is 0 Å². The fraction of sp³-hybridized carbons (Fsp3) is 0.182. The first-order valence-electron chi connectivity index (χ1n) is 4.66. The van der Waals surface area contributed by atoms with Gasteiger partial charge in [0.25, 0.3) is 0 Å². The quantitative estimate of drug-likeness (QED) is 0.846. The van der Waals surface area contributed by atoms with Crippen molar-refractivity contribution in [3.63, 3.8) is 0 Å². The molecule has 2 rings (SSSR count). The number of nitrogens with two attached hydrogens (primary N) is 1. The van der Waals surface area contributed by atoms with E-state index in [4.69, 9.17) is 10.5 Å². The summed E-state index contributed by atoms with van der Waals surface area (Å²) >= 11 is 0. The maximum Gasteiger partial charge on any atom is 0.145 e. The number of aromatic amines is 1. The molecule has 0 unspecified atom stereocenters. The highest BCUT2D eigenvalue weighted by molar-refractivity contribution is 5.85. The van der Waals surface area contributed by atoms with Crippen LogP contribution in [-0.4, -0.2) is 17.3 Å². The molecule has 1 aromatic carbocycles. The molecule has 0 saturated heterocycles. The van der Waals surface area contributed by atoms with Gasteiger partial charge in [-0.1, -0.05) is 0 Å². The van der Waals surface area contributed by atoms with Crippen LogP contribution in [-0.2, 0) is 0 Å². The van der Waals surface area contributed by atoms with Crippen molar-refractivity contribution >= 4 is 18.2 Å². The van der Waals surface area contributed by atoms with Gasteiger partial charge in [-0.25, -0.2) is 0 Å². The molecule has 0 radical (unpaired) electrons. The Balaban J connectivity index is 0.00000128. The van der Waals surface area contributed by atoms with E-state index in [9.17, 15) is 0 Å². The van der Waals surface area contributed by atoms with Gasteiger partial charge in [0.1, 0.15) is 11.6 Å². The SMILES string of the molecule is COc1ccc(-c2cc(N)n[nH]2)cc1C.Cl. The van der Waals surface area contributed by atoms with Crippen molar-refractivity contribution < 1.29 is 4.74 Å². The molecule has 0 saturated carbocycles. The highest BCUT2D eigenvalue weighted by Crippen LogP contribution is 2.25. The number of benzene rings is 1. The summed E-state index contributed by atoms with van der Waals surface area (Å²) in [6.07, 6.45) is 0. The normalized spacial score (nSPS) is 9.62. The minimum atomic E-state index is 0. The van der Waals surface area contributed by atoms with E-state index in [2.05, 4.69) is 10.2 Å². The molecule has 0 aliphatic rings. The number of hydrogen-bond acceptors (Lipinski definition) is 3. The molecule has 0 amide bonds. The maximum absolute atomic E-state index is 5.54. The van der Waals surface area contributed by atoms with Gasteiger partial charge in [0.05, 0.1) is 12.8 Å². The summed E-state index contributed by atoms with van der Waals surface area (Å²) in [4.78, 5) is 0. The van der Waals surface area contributed by atoms with Crippen molar-refractivity contribution in [2.75, 3.05) is 12.8 Å². The number of halogens is 1. The first-order valence-corrected chi connectivity index (χ1v) is 4.66. The van der Waals surface area contributed by atoms with Gasteiger partial charge >= 0.3 is 0 Å². The zero-order chi connectivity index (χ0) is 10.8. The number of H-pyrrole nitrogens is 1. The smallest absolute Gasteiger partial charge is 0.145 e. The summed E-state index contributed by atoms with van der Waals surface area (Å²) < 4.78 is 5.19. The van der Waals surface area contributed by atoms with Crippen LogP contribution in [0.5, 0.6) is 5.75 Å². The zero-order valence-electron chi connectivity index (χ0n) is 9.15. The summed E-state index contributed by atoms with van der Waals surface area (Å²) in [6.45, 7) is 2.00. The van der Waals surface area contributed by atoms with Gasteiger partial charge in [0.15, 0.2) is 0 Å². The monoisotopic (exact) mass is 239 g/mol. The van der Waals surface area contributed by atoms with Crippen molar-refractivity contribution in [2.24, 2.45) is 0 Å². The highest BCUT2D eigenvalue weighted by Gasteiger charge is 2.04. The number of anilines is 1. The first-order chi connectivity index (χ1) is 7.20. The number of ether oxygens (including phenoxy) is 1. The van der Waals surface area contributed by atoms with Gasteiger partial charge in [0.2, 0.25) is 0 Å². The Hall–Kier alpha value is -1.68. The Morgan fingerprint density at radius 2 is 2.06 bits per heavy atom. The fourth-order valence-electron chi connectivity index (χ4n) is 1.53. The average molecular weight is 240 g/mol. The van der Waals surface area contributed by atoms with Crippen LogP contribution in [0.2, 0.25) is 0 Å². The van der Waals surface area contributed by atoms with Gasteiger partial charge in [-0.2, -0.15) is 5.10 Å². The molecule has 4 nitrogen and oxygen atoms in total. The van der Waals surface area contributed by atoms with E-state index >= 15 is 0 Å². The molecule has 1 heterocycles. The van der Waals surface area contributed by atoms with E-state index in [1.165, 1.54) is 0 Å². The predicted molar refractivity (Wildman–Crippen MR) is 67.0 cm³/mol. The largest absolute Gasteiger partial charge is 0.496 e. The molecule has 0 spiro atoms. The maximum atomic E-state index is 5.54. The van der Waals surface area contributed by atoms with Crippen molar-refractivity contribution in [1.82, 2.24) is 10.2 Å². The van der Waals surface area contributed by atoms with E-state index in [-0.39, 0.29) is 12.4 Å². The van der Waals surface area contributed by atoms with Crippen LogP contribution in [0.3, 0.4) is 0 Å². The molecule has 3 N–H and O–H groups in total. The number of nitrogens with one attached hydrogen (secondary N) is 1. The molecule has 0 fully saturated rings. The number of hydrogen-bond donors (Lipinski definition) is 2. The van der Waals surface area contributed by atoms with Crippen molar-refractivity contribution in [3.8, 4) is 17.0 Å². The van der Waals surface area contributed by atoms with Crippen molar-refractivity contribution in [3.05, 3.63) is 29.8 Å². The van der Waals surface area contributed by atoms with Gasteiger partial charge in [0, 0.05) is 11.6 Å². The third-order valence-electron chi connectivity index (χ3n) is 2.30. The lowest BCUT2D eigenvalue weighted by atomic mass is 10.1. The number of rotatable bonds is 2. The molecular formula is C11H14ClN3O. The second-order valence-corrected chi connectivity index (χ2v) is 3.39. The van der Waals surface area contributed by atoms with E-state index in [0.29, 0.717) is 5.82 Å². The summed E-state index contributed by atoms with van der Waals surface area (Å²) in [5.41, 5.74) is 8.60. The van der Waals surface area contributed by atoms with Crippen LogP contribution in [0.25, 0.3) is 11.3 Å². The Labute approximate surface area is 100 Å². The second-order valence-electron chi connectivity index (χ2n) is 3.39. The molecule has 86 valence electrons. The summed E-state index contributed by atoms with van der Waals surface area (Å²) in [7, 11) is 1.66. The van der Waals surface area contributed by atoms with Crippen molar-refractivity contribution in [2.45, 2.75) is 6.92 Å². The van der Waals surface area contributed by atoms with Crippen LogP contribution in [0.15, 0.2) is 24.3 Å². The lowest BCUT2D eigenvalue weighted by Crippen LogP contribution is -1.87. The Bertz CT molecular complexity index is 482. The van der Waals surface area contributed by atoms with Gasteiger partial charge < -0.3 is 10.5 Å². The van der Waals surface area contributed by atoms with Crippen LogP contribution in [0.4, 0.5) is 5.82 Å². The minimum absolute atomic E-state index is 0. The summed E-state index contributed by atoms with van der Waals surface area (Å²) in [5.74, 6) is 1.38. The molecule has 0 aliphatic heterocycles. The first kappa shape index (κ1) is 12.4. The number of aryl methyl sites for hydroxylation is 1. The summed E-state index contributed by atoms with van der Waals surface area (Å²) in [6, 6.07) is 7.74. The lowest BCUT2D eigenvalue weighted by Gasteiger charge is -2.05. The number of nitrogens with zero attached hydrogens (tertiary/aromatic N) is 1. The van der Waals surface area contributed by atoms with Crippen LogP contribution >= 0.6 is 12.4 Å². The second kappa shape index (κ2) is 4.90. The molecule has 1 aromatic heterocycles. The molecule has 5 heteroatoms. The summed E-state index contributed by atoms with van der Waals surface area (Å²) in [5, 5.41) is 6.76. The van der Waals surface area contributed by atoms with Gasteiger partial charge in [-0.15, -0.1) is 12.4 Å². The Kier molecular flexibility index (Phi) is 3.79. The molecule has 0 bridgehead atoms. The van der Waals surface area contributed by atoms with Crippen molar-refractivity contribution in [1.29, 1.82) is 0 Å². The van der Waals surface area contributed by atoms with E-state index in [1.54, 1.807) is 13.2 Å². The molecule has 16 heavy (non-hydrogen) atoms. The third-order valence-corrected chi connectivity index (χ3v) is 2.30. The van der Waals surface area contributed by atoms with E-state index in [0.717, 1.165) is 22.6 Å². The van der Waals surface area contributed by atoms with Gasteiger partial charge in [-0.05, 0) is 30.7 Å². The standard InChI is InChI=1S/C11H13N3O.ClH/c1-7-5-8(3-4-10(7)15-2)9-6-11(12)14-13-9;/h3-6H,1-2H3,(H3,12,13,14);1H. The van der Waals surface area contributed by atoms with Crippen LogP contribution in [0, 0.1) is 6.92 Å². The molecule has 0 aliphatic carbocycles. The minimum Gasteiger partial charge on any atom is -0.496 e. The Morgan fingerprint density at radius 3 is 2.56 bits per heavy atom. The number of methoxy groups -OCH3 is 1. The molecular weight excluding hydrogens is 226 g/mol. The van der Waals surface area contributed by atoms with Crippen LogP contribution in [0.1, 0.15) is 5.56 Å². The fourth-order valence-corrected chi connectivity index (χ4v) is 1.53. The van der Waals surface area contributed by atoms with Gasteiger partial charge in [-0.3, -0.25) is 5.10 Å². The topological polar surface area (TPSA) is 63.9 Å². The average Bonchev–Trinajstić information content (AvgIpc) is 2.65. The zero-order valence-corrected chi connectivity index (χ0v) is 9.97.